The van der Waals surface area contributed by atoms with Crippen molar-refractivity contribution < 1.29 is 18.8 Å². The van der Waals surface area contributed by atoms with Crippen molar-refractivity contribution in [1.29, 1.82) is 0 Å². The Morgan fingerprint density at radius 3 is 2.93 bits per heavy atom. The van der Waals surface area contributed by atoms with Crippen LogP contribution in [0.15, 0.2) is 35.6 Å². The number of alkyl halides is 1. The zero-order chi connectivity index (χ0) is 21.0. The molecule has 1 aromatic heterocycles. The highest BCUT2D eigenvalue weighted by Crippen LogP contribution is 2.38. The number of halogens is 2. The Bertz CT molecular complexity index is 928. The maximum atomic E-state index is 14.2. The van der Waals surface area contributed by atoms with E-state index in [0.717, 1.165) is 0 Å². The third kappa shape index (κ3) is 4.53. The second-order valence-corrected chi connectivity index (χ2v) is 6.65. The van der Waals surface area contributed by atoms with Gasteiger partial charge in [0.05, 0.1) is 25.7 Å². The average Bonchev–Trinajstić information content (AvgIpc) is 2.88. The van der Waals surface area contributed by atoms with Gasteiger partial charge in [0.2, 0.25) is 5.88 Å². The Kier molecular flexibility index (Phi) is 6.11. The number of aromatic nitrogens is 2. The number of hydroxylamine groups is 1. The predicted octanol–water partition coefficient (Wildman–Crippen LogP) is 1.08. The molecule has 12 heteroatoms. The fraction of sp³-hybridized carbons (Fsp3) is 0.294. The molecule has 0 saturated carbocycles. The summed E-state index contributed by atoms with van der Waals surface area (Å²) >= 11 is 6.31. The molecule has 1 amide bonds. The molecular weight excluding hydrogens is 405 g/mol. The van der Waals surface area contributed by atoms with Crippen LogP contribution in [0.5, 0.6) is 5.88 Å². The SMILES string of the molecule is COc1cnc(C(=O)Nc2ccc(Cl)c([C@@]3(CF)C[C@@H](N)NOC(N)=N3)c2)cn1. The van der Waals surface area contributed by atoms with Gasteiger partial charge in [-0.05, 0) is 18.2 Å². The molecular formula is C17H19ClFN7O3. The zero-order valence-corrected chi connectivity index (χ0v) is 16.1. The molecule has 2 atom stereocenters. The third-order valence-electron chi connectivity index (χ3n) is 4.21. The van der Waals surface area contributed by atoms with E-state index in [1.54, 1.807) is 6.07 Å². The number of aliphatic imine (C=N–C) groups is 1. The third-order valence-corrected chi connectivity index (χ3v) is 4.54. The topological polar surface area (TPSA) is 150 Å². The summed E-state index contributed by atoms with van der Waals surface area (Å²) in [5, 5.41) is 2.89. The first-order chi connectivity index (χ1) is 13.9. The van der Waals surface area contributed by atoms with E-state index in [4.69, 9.17) is 32.6 Å². The molecule has 0 aliphatic carbocycles. The Balaban J connectivity index is 1.92. The zero-order valence-electron chi connectivity index (χ0n) is 15.4. The van der Waals surface area contributed by atoms with Crippen molar-refractivity contribution in [3.8, 4) is 5.88 Å². The van der Waals surface area contributed by atoms with E-state index in [2.05, 4.69) is 25.8 Å². The largest absolute Gasteiger partial charge is 0.480 e. The van der Waals surface area contributed by atoms with Gasteiger partial charge in [0, 0.05) is 22.7 Å². The Hall–Kier alpha value is -3.02. The molecule has 0 saturated heterocycles. The molecule has 1 aliphatic heterocycles. The number of carbonyl (C=O) groups excluding carboxylic acids is 1. The fourth-order valence-corrected chi connectivity index (χ4v) is 3.13. The van der Waals surface area contributed by atoms with Crippen molar-refractivity contribution in [3.05, 3.63) is 46.9 Å². The number of nitrogens with zero attached hydrogens (tertiary/aromatic N) is 3. The van der Waals surface area contributed by atoms with Crippen LogP contribution < -0.4 is 27.0 Å². The number of ether oxygens (including phenoxy) is 1. The molecule has 6 N–H and O–H groups in total. The lowest BCUT2D eigenvalue weighted by atomic mass is 9.87. The van der Waals surface area contributed by atoms with Gasteiger partial charge in [0.15, 0.2) is 0 Å². The number of hydrogen-bond acceptors (Lipinski definition) is 9. The number of rotatable bonds is 5. The van der Waals surface area contributed by atoms with Crippen molar-refractivity contribution in [2.45, 2.75) is 18.1 Å². The van der Waals surface area contributed by atoms with Gasteiger partial charge in [-0.25, -0.2) is 19.4 Å². The van der Waals surface area contributed by atoms with Crippen molar-refractivity contribution in [1.82, 2.24) is 15.4 Å². The Morgan fingerprint density at radius 2 is 2.28 bits per heavy atom. The van der Waals surface area contributed by atoms with Gasteiger partial charge in [0.25, 0.3) is 5.91 Å². The molecule has 0 spiro atoms. The van der Waals surface area contributed by atoms with Gasteiger partial charge < -0.3 is 26.4 Å². The maximum Gasteiger partial charge on any atom is 0.303 e. The molecule has 2 aromatic rings. The van der Waals surface area contributed by atoms with Gasteiger partial charge in [-0.2, -0.15) is 0 Å². The van der Waals surface area contributed by atoms with E-state index in [-0.39, 0.29) is 29.0 Å². The van der Waals surface area contributed by atoms with Gasteiger partial charge in [-0.15, -0.1) is 5.48 Å². The van der Waals surface area contributed by atoms with E-state index in [1.807, 2.05) is 0 Å². The molecule has 0 bridgehead atoms. The lowest BCUT2D eigenvalue weighted by Crippen LogP contribution is -2.42. The predicted molar refractivity (Wildman–Crippen MR) is 104 cm³/mol. The summed E-state index contributed by atoms with van der Waals surface area (Å²) in [6.45, 7) is -0.937. The van der Waals surface area contributed by atoms with Crippen molar-refractivity contribution >= 4 is 29.2 Å². The van der Waals surface area contributed by atoms with Crippen molar-refractivity contribution in [3.63, 3.8) is 0 Å². The minimum absolute atomic E-state index is 0.0191. The monoisotopic (exact) mass is 423 g/mol. The average molecular weight is 424 g/mol. The fourth-order valence-electron chi connectivity index (χ4n) is 2.84. The number of amidine groups is 1. The van der Waals surface area contributed by atoms with Crippen LogP contribution >= 0.6 is 11.6 Å². The smallest absolute Gasteiger partial charge is 0.303 e. The highest BCUT2D eigenvalue weighted by molar-refractivity contribution is 6.31. The molecule has 154 valence electrons. The highest BCUT2D eigenvalue weighted by Gasteiger charge is 2.39. The first kappa shape index (κ1) is 20.7. The normalized spacial score (nSPS) is 21.5. The van der Waals surface area contributed by atoms with Crippen LogP contribution in [-0.4, -0.2) is 41.8 Å². The van der Waals surface area contributed by atoms with Crippen molar-refractivity contribution in [2.24, 2.45) is 16.5 Å². The molecule has 0 radical (unpaired) electrons. The van der Waals surface area contributed by atoms with Crippen molar-refractivity contribution in [2.75, 3.05) is 19.1 Å². The van der Waals surface area contributed by atoms with Gasteiger partial charge >= 0.3 is 6.02 Å². The van der Waals surface area contributed by atoms with Crippen LogP contribution in [0.25, 0.3) is 0 Å². The molecule has 2 heterocycles. The molecule has 0 unspecified atom stereocenters. The number of carbonyl (C=O) groups is 1. The van der Waals surface area contributed by atoms with Crippen LogP contribution in [0.1, 0.15) is 22.5 Å². The number of benzene rings is 1. The highest BCUT2D eigenvalue weighted by atomic mass is 35.5. The molecule has 10 nitrogen and oxygen atoms in total. The van der Waals surface area contributed by atoms with E-state index >= 15 is 0 Å². The molecule has 1 aromatic carbocycles. The van der Waals surface area contributed by atoms with Crippen LogP contribution in [0.3, 0.4) is 0 Å². The van der Waals surface area contributed by atoms with E-state index in [9.17, 15) is 9.18 Å². The summed E-state index contributed by atoms with van der Waals surface area (Å²) in [7, 11) is 1.44. The summed E-state index contributed by atoms with van der Waals surface area (Å²) in [6, 6.07) is 4.30. The quantitative estimate of drug-likeness (QED) is 0.558. The standard InChI is InChI=1S/C17H19ClFN7O3/c1-28-14-7-22-12(6-23-14)15(27)24-9-2-3-11(18)10(4-9)17(8-19)5-13(20)26-29-16(21)25-17/h2-4,6-7,13,26H,5,8,20H2,1H3,(H2,21,25)(H,24,27)/t13-,17-/m0/s1. The van der Waals surface area contributed by atoms with Crippen LogP contribution in [-0.2, 0) is 10.4 Å². The summed E-state index contributed by atoms with van der Waals surface area (Å²) in [5.41, 5.74) is 13.2. The van der Waals surface area contributed by atoms with Crippen LogP contribution in [0.4, 0.5) is 10.1 Å². The van der Waals surface area contributed by atoms with E-state index in [0.29, 0.717) is 11.3 Å². The van der Waals surface area contributed by atoms with E-state index in [1.165, 1.54) is 31.6 Å². The summed E-state index contributed by atoms with van der Waals surface area (Å²) in [4.78, 5) is 29.4. The number of nitrogens with two attached hydrogens (primary N) is 2. The lowest BCUT2D eigenvalue weighted by Gasteiger charge is -2.28. The molecule has 3 rings (SSSR count). The van der Waals surface area contributed by atoms with Crippen LogP contribution in [0, 0.1) is 0 Å². The number of hydrogen-bond donors (Lipinski definition) is 4. The molecule has 1 aliphatic rings. The van der Waals surface area contributed by atoms with Gasteiger partial charge in [-0.3, -0.25) is 4.79 Å². The summed E-state index contributed by atoms with van der Waals surface area (Å²) in [5.74, 6) is -0.246. The Labute approximate surface area is 170 Å². The minimum Gasteiger partial charge on any atom is -0.480 e. The maximum absolute atomic E-state index is 14.2. The molecule has 0 fully saturated rings. The number of amides is 1. The minimum atomic E-state index is -1.48. The number of anilines is 1. The van der Waals surface area contributed by atoms with Crippen LogP contribution in [0.2, 0.25) is 5.02 Å². The first-order valence-corrected chi connectivity index (χ1v) is 8.81. The number of nitrogens with one attached hydrogen (secondary N) is 2. The Morgan fingerprint density at radius 1 is 1.48 bits per heavy atom. The summed E-state index contributed by atoms with van der Waals surface area (Å²) in [6.07, 6.45) is 1.86. The van der Waals surface area contributed by atoms with E-state index < -0.39 is 24.3 Å². The summed E-state index contributed by atoms with van der Waals surface area (Å²) < 4.78 is 19.1. The second-order valence-electron chi connectivity index (χ2n) is 6.24. The first-order valence-electron chi connectivity index (χ1n) is 8.43. The lowest BCUT2D eigenvalue weighted by molar-refractivity contribution is 0.102. The number of methoxy groups -OCH3 is 1. The second kappa shape index (κ2) is 8.55. The van der Waals surface area contributed by atoms with Gasteiger partial charge in [-0.1, -0.05) is 11.6 Å². The molecule has 29 heavy (non-hydrogen) atoms. The van der Waals surface area contributed by atoms with Gasteiger partial charge in [0.1, 0.15) is 17.9 Å².